The Labute approximate surface area is 128 Å². The summed E-state index contributed by atoms with van der Waals surface area (Å²) in [6.45, 7) is 5.85. The first-order chi connectivity index (χ1) is 9.14. The Morgan fingerprint density at radius 3 is 2.58 bits per heavy atom. The van der Waals surface area contributed by atoms with Crippen molar-refractivity contribution >= 4 is 22.6 Å². The second kappa shape index (κ2) is 8.87. The van der Waals surface area contributed by atoms with E-state index in [0.717, 1.165) is 19.4 Å². The third-order valence-corrected chi connectivity index (χ3v) is 4.44. The summed E-state index contributed by atoms with van der Waals surface area (Å²) in [6, 6.07) is 6.79. The molecule has 1 atom stereocenters. The van der Waals surface area contributed by atoms with E-state index in [0.29, 0.717) is 23.2 Å². The molecule has 0 bridgehead atoms. The van der Waals surface area contributed by atoms with Crippen LogP contribution in [0.2, 0.25) is 0 Å². The van der Waals surface area contributed by atoms with Gasteiger partial charge in [0.1, 0.15) is 11.4 Å². The van der Waals surface area contributed by atoms with Crippen LogP contribution in [-0.2, 0) is 15.1 Å². The lowest BCUT2D eigenvalue weighted by atomic mass is 9.97. The van der Waals surface area contributed by atoms with Crippen LogP contribution in [0.5, 0.6) is 0 Å². The summed E-state index contributed by atoms with van der Waals surface area (Å²) in [5.74, 6) is -0.214. The van der Waals surface area contributed by atoms with Gasteiger partial charge in [0.05, 0.1) is 13.2 Å². The number of hydrogen-bond acceptors (Lipinski definition) is 2. The second-order valence-electron chi connectivity index (χ2n) is 4.66. The molecule has 0 spiro atoms. The Morgan fingerprint density at radius 1 is 1.21 bits per heavy atom. The van der Waals surface area contributed by atoms with Crippen molar-refractivity contribution in [3.8, 4) is 0 Å². The van der Waals surface area contributed by atoms with E-state index in [4.69, 9.17) is 9.47 Å². The number of halogens is 2. The first kappa shape index (κ1) is 16.9. The summed E-state index contributed by atoms with van der Waals surface area (Å²) in [5, 5.41) is 0. The first-order valence-corrected chi connectivity index (χ1v) is 8.19. The van der Waals surface area contributed by atoms with E-state index < -0.39 is 5.60 Å². The topological polar surface area (TPSA) is 18.5 Å². The number of hydrogen-bond donors (Lipinski definition) is 0. The predicted octanol–water partition coefficient (Wildman–Crippen LogP) is 4.31. The summed E-state index contributed by atoms with van der Waals surface area (Å²) < 4.78 is 25.8. The molecule has 0 N–H and O–H groups in total. The van der Waals surface area contributed by atoms with Crippen LogP contribution < -0.4 is 0 Å². The van der Waals surface area contributed by atoms with Crippen LogP contribution >= 0.6 is 22.6 Å². The monoisotopic (exact) mass is 380 g/mol. The van der Waals surface area contributed by atoms with E-state index in [9.17, 15) is 4.39 Å². The minimum absolute atomic E-state index is 0.214. The van der Waals surface area contributed by atoms with Crippen molar-refractivity contribution in [3.63, 3.8) is 0 Å². The number of alkyl halides is 1. The van der Waals surface area contributed by atoms with Gasteiger partial charge in [-0.25, -0.2) is 4.39 Å². The second-order valence-corrected chi connectivity index (χ2v) is 5.42. The van der Waals surface area contributed by atoms with Gasteiger partial charge in [0.2, 0.25) is 0 Å². The van der Waals surface area contributed by atoms with E-state index in [1.807, 2.05) is 13.0 Å². The third-order valence-electron chi connectivity index (χ3n) is 2.99. The van der Waals surface area contributed by atoms with Gasteiger partial charge in [0.15, 0.2) is 0 Å². The van der Waals surface area contributed by atoms with Gasteiger partial charge in [-0.15, -0.1) is 0 Å². The summed E-state index contributed by atoms with van der Waals surface area (Å²) in [5.41, 5.74) is 0.0120. The molecule has 0 saturated heterocycles. The van der Waals surface area contributed by atoms with E-state index in [-0.39, 0.29) is 5.82 Å². The largest absolute Gasteiger partial charge is 0.379 e. The van der Waals surface area contributed by atoms with Crippen LogP contribution in [-0.4, -0.2) is 24.2 Å². The number of rotatable bonds is 9. The van der Waals surface area contributed by atoms with Crippen LogP contribution in [0.3, 0.4) is 0 Å². The molecule has 0 saturated carbocycles. The summed E-state index contributed by atoms with van der Waals surface area (Å²) >= 11 is 2.23. The zero-order chi connectivity index (χ0) is 14.1. The molecule has 108 valence electrons. The van der Waals surface area contributed by atoms with Crippen molar-refractivity contribution in [3.05, 3.63) is 35.6 Å². The normalized spacial score (nSPS) is 14.3. The molecule has 0 aliphatic carbocycles. The Hall–Kier alpha value is -0.200. The van der Waals surface area contributed by atoms with Gasteiger partial charge in [-0.05, 0) is 19.4 Å². The van der Waals surface area contributed by atoms with Gasteiger partial charge in [-0.1, -0.05) is 54.1 Å². The lowest BCUT2D eigenvalue weighted by Gasteiger charge is -2.28. The van der Waals surface area contributed by atoms with Crippen molar-refractivity contribution < 1.29 is 13.9 Å². The predicted molar refractivity (Wildman–Crippen MR) is 84.3 cm³/mol. The molecule has 0 aliphatic rings. The van der Waals surface area contributed by atoms with Crippen molar-refractivity contribution in [2.24, 2.45) is 0 Å². The van der Waals surface area contributed by atoms with E-state index in [1.54, 1.807) is 12.1 Å². The average Bonchev–Trinajstić information content (AvgIpc) is 2.43. The maximum atomic E-state index is 13.8. The fourth-order valence-corrected chi connectivity index (χ4v) is 2.38. The fourth-order valence-electron chi connectivity index (χ4n) is 1.75. The molecule has 0 radical (unpaired) electrons. The minimum Gasteiger partial charge on any atom is -0.379 e. The number of benzene rings is 1. The van der Waals surface area contributed by atoms with E-state index in [1.165, 1.54) is 6.07 Å². The highest BCUT2D eigenvalue weighted by molar-refractivity contribution is 14.1. The highest BCUT2D eigenvalue weighted by atomic mass is 127. The Bertz CT molecular complexity index is 373. The van der Waals surface area contributed by atoms with E-state index >= 15 is 0 Å². The molecule has 0 aliphatic heterocycles. The van der Waals surface area contributed by atoms with Gasteiger partial charge in [-0.3, -0.25) is 0 Å². The lowest BCUT2D eigenvalue weighted by molar-refractivity contribution is -0.0467. The smallest absolute Gasteiger partial charge is 0.129 e. The van der Waals surface area contributed by atoms with E-state index in [2.05, 4.69) is 29.5 Å². The summed E-state index contributed by atoms with van der Waals surface area (Å²) in [6.07, 6.45) is 2.19. The molecule has 1 aromatic carbocycles. The molecular formula is C15H22FIO2. The minimum atomic E-state index is -0.597. The Balaban J connectivity index is 2.49. The molecule has 19 heavy (non-hydrogen) atoms. The molecule has 0 aromatic heterocycles. The van der Waals surface area contributed by atoms with Crippen molar-refractivity contribution in [1.29, 1.82) is 0 Å². The molecule has 1 aromatic rings. The molecule has 0 heterocycles. The third kappa shape index (κ3) is 5.36. The quantitative estimate of drug-likeness (QED) is 0.361. The highest BCUT2D eigenvalue weighted by Crippen LogP contribution is 2.29. The zero-order valence-corrected chi connectivity index (χ0v) is 13.8. The highest BCUT2D eigenvalue weighted by Gasteiger charge is 2.28. The average molecular weight is 380 g/mol. The first-order valence-electron chi connectivity index (χ1n) is 6.66. The van der Waals surface area contributed by atoms with Crippen LogP contribution in [0.4, 0.5) is 4.39 Å². The molecular weight excluding hydrogens is 358 g/mol. The number of unbranched alkanes of at least 4 members (excludes halogenated alkanes) is 1. The molecule has 0 amide bonds. The van der Waals surface area contributed by atoms with Gasteiger partial charge in [-0.2, -0.15) is 0 Å². The molecule has 1 rings (SSSR count). The maximum Gasteiger partial charge on any atom is 0.129 e. The Morgan fingerprint density at radius 2 is 1.95 bits per heavy atom. The molecule has 1 unspecified atom stereocenters. The molecule has 4 heteroatoms. The Kier molecular flexibility index (Phi) is 7.87. The standard InChI is InChI=1S/C15H22FIO2/c1-3-4-9-18-10-11-19-15(2,12-17)13-7-5-6-8-14(13)16/h5-8H,3-4,9-12H2,1-2H3. The van der Waals surface area contributed by atoms with Gasteiger partial charge >= 0.3 is 0 Å². The maximum absolute atomic E-state index is 13.8. The van der Waals surface area contributed by atoms with Crippen molar-refractivity contribution in [2.45, 2.75) is 32.3 Å². The zero-order valence-electron chi connectivity index (χ0n) is 11.6. The van der Waals surface area contributed by atoms with Crippen LogP contribution in [0.25, 0.3) is 0 Å². The number of ether oxygens (including phenoxy) is 2. The van der Waals surface area contributed by atoms with Gasteiger partial charge in [0.25, 0.3) is 0 Å². The lowest BCUT2D eigenvalue weighted by Crippen LogP contribution is -2.30. The van der Waals surface area contributed by atoms with Crippen molar-refractivity contribution in [1.82, 2.24) is 0 Å². The van der Waals surface area contributed by atoms with Crippen LogP contribution in [0.1, 0.15) is 32.3 Å². The van der Waals surface area contributed by atoms with Crippen LogP contribution in [0, 0.1) is 5.82 Å². The molecule has 2 nitrogen and oxygen atoms in total. The summed E-state index contributed by atoms with van der Waals surface area (Å²) in [4.78, 5) is 0. The van der Waals surface area contributed by atoms with Crippen LogP contribution in [0.15, 0.2) is 24.3 Å². The fraction of sp³-hybridized carbons (Fsp3) is 0.600. The van der Waals surface area contributed by atoms with Crippen molar-refractivity contribution in [2.75, 3.05) is 24.2 Å². The van der Waals surface area contributed by atoms with Gasteiger partial charge < -0.3 is 9.47 Å². The molecule has 0 fully saturated rings. The SMILES string of the molecule is CCCCOCCOC(C)(CI)c1ccccc1F. The summed E-state index contributed by atoms with van der Waals surface area (Å²) in [7, 11) is 0. The van der Waals surface area contributed by atoms with Gasteiger partial charge in [0, 0.05) is 16.6 Å².